The van der Waals surface area contributed by atoms with Crippen LogP contribution in [0.4, 0.5) is 5.95 Å². The maximum absolute atomic E-state index is 11.9. The third kappa shape index (κ3) is 5.58. The molecule has 1 aromatic heterocycles. The number of hydrazone groups is 1. The number of hydrogen-bond acceptors (Lipinski definition) is 5. The molecule has 4 aromatic rings. The van der Waals surface area contributed by atoms with Gasteiger partial charge in [-0.15, -0.1) is 0 Å². The van der Waals surface area contributed by atoms with Gasteiger partial charge in [0.15, 0.2) is 0 Å². The summed E-state index contributed by atoms with van der Waals surface area (Å²) >= 11 is 6.15. The number of H-pyrrole nitrogens is 1. The number of anilines is 1. The van der Waals surface area contributed by atoms with E-state index in [2.05, 4.69) is 20.5 Å². The molecule has 7 heteroatoms. The van der Waals surface area contributed by atoms with Crippen LogP contribution in [0.5, 0.6) is 5.75 Å². The van der Waals surface area contributed by atoms with Crippen LogP contribution in [0.15, 0.2) is 94.8 Å². The van der Waals surface area contributed by atoms with Crippen molar-refractivity contribution in [2.24, 2.45) is 5.10 Å². The predicted molar refractivity (Wildman–Crippen MR) is 124 cm³/mol. The molecule has 0 amide bonds. The molecule has 4 rings (SSSR count). The minimum absolute atomic E-state index is 0.258. The molecule has 0 atom stereocenters. The van der Waals surface area contributed by atoms with Gasteiger partial charge in [-0.25, -0.2) is 10.4 Å². The molecule has 0 unspecified atom stereocenters. The molecule has 31 heavy (non-hydrogen) atoms. The molecule has 1 heterocycles. The largest absolute Gasteiger partial charge is 0.489 e. The number of rotatable bonds is 7. The lowest BCUT2D eigenvalue weighted by Gasteiger charge is -2.07. The molecule has 0 radical (unpaired) electrons. The van der Waals surface area contributed by atoms with Gasteiger partial charge in [-0.2, -0.15) is 5.10 Å². The van der Waals surface area contributed by atoms with E-state index in [0.717, 1.165) is 22.4 Å². The number of ether oxygens (including phenoxy) is 1. The summed E-state index contributed by atoms with van der Waals surface area (Å²) in [5.41, 5.74) is 5.73. The zero-order valence-corrected chi connectivity index (χ0v) is 17.2. The van der Waals surface area contributed by atoms with E-state index in [1.807, 2.05) is 78.9 Å². The Morgan fingerprint density at radius 2 is 1.74 bits per heavy atom. The lowest BCUT2D eigenvalue weighted by molar-refractivity contribution is 0.306. The quantitative estimate of drug-likeness (QED) is 0.315. The minimum atomic E-state index is -0.258. The van der Waals surface area contributed by atoms with Crippen molar-refractivity contribution in [3.63, 3.8) is 0 Å². The van der Waals surface area contributed by atoms with Crippen LogP contribution in [0, 0.1) is 0 Å². The molecule has 0 fully saturated rings. The van der Waals surface area contributed by atoms with Gasteiger partial charge >= 0.3 is 0 Å². The van der Waals surface area contributed by atoms with Crippen molar-refractivity contribution in [2.45, 2.75) is 6.61 Å². The van der Waals surface area contributed by atoms with Gasteiger partial charge in [0.2, 0.25) is 5.95 Å². The Bertz CT molecular complexity index is 1240. The second kappa shape index (κ2) is 9.73. The van der Waals surface area contributed by atoms with Gasteiger partial charge in [-0.1, -0.05) is 60.1 Å². The summed E-state index contributed by atoms with van der Waals surface area (Å²) in [6.07, 6.45) is 1.63. The number of benzene rings is 3. The number of nitrogens with one attached hydrogen (secondary N) is 2. The van der Waals surface area contributed by atoms with Crippen LogP contribution in [0.2, 0.25) is 5.02 Å². The number of aromatic nitrogens is 2. The Hall–Kier alpha value is -3.90. The van der Waals surface area contributed by atoms with Crippen LogP contribution in [-0.4, -0.2) is 16.2 Å². The molecule has 0 saturated carbocycles. The van der Waals surface area contributed by atoms with Crippen molar-refractivity contribution in [1.29, 1.82) is 0 Å². The summed E-state index contributed by atoms with van der Waals surface area (Å²) in [5, 5.41) is 4.84. The first-order valence-electron chi connectivity index (χ1n) is 9.59. The van der Waals surface area contributed by atoms with Crippen LogP contribution in [0.25, 0.3) is 11.3 Å². The highest BCUT2D eigenvalue weighted by Gasteiger charge is 2.03. The summed E-state index contributed by atoms with van der Waals surface area (Å²) < 4.78 is 5.78. The van der Waals surface area contributed by atoms with Crippen molar-refractivity contribution in [1.82, 2.24) is 9.97 Å². The molecule has 0 aliphatic heterocycles. The van der Waals surface area contributed by atoms with E-state index in [-0.39, 0.29) is 11.5 Å². The average molecular weight is 431 g/mol. The van der Waals surface area contributed by atoms with Crippen molar-refractivity contribution >= 4 is 23.8 Å². The maximum atomic E-state index is 11.9. The highest BCUT2D eigenvalue weighted by Crippen LogP contribution is 2.19. The van der Waals surface area contributed by atoms with E-state index < -0.39 is 0 Å². The lowest BCUT2D eigenvalue weighted by Crippen LogP contribution is -2.10. The monoisotopic (exact) mass is 430 g/mol. The fourth-order valence-electron chi connectivity index (χ4n) is 2.86. The normalized spacial score (nSPS) is 10.9. The average Bonchev–Trinajstić information content (AvgIpc) is 2.80. The molecule has 0 aliphatic rings. The summed E-state index contributed by atoms with van der Waals surface area (Å²) in [5.74, 6) is 0.994. The molecule has 0 aliphatic carbocycles. The lowest BCUT2D eigenvalue weighted by atomic mass is 10.1. The highest BCUT2D eigenvalue weighted by atomic mass is 35.5. The van der Waals surface area contributed by atoms with Crippen LogP contribution < -0.4 is 15.7 Å². The second-order valence-corrected chi connectivity index (χ2v) is 7.07. The van der Waals surface area contributed by atoms with E-state index in [0.29, 0.717) is 17.3 Å². The molecule has 3 aromatic carbocycles. The third-order valence-electron chi connectivity index (χ3n) is 4.43. The zero-order valence-electron chi connectivity index (χ0n) is 16.5. The van der Waals surface area contributed by atoms with Crippen LogP contribution >= 0.6 is 11.6 Å². The number of halogens is 1. The molecule has 6 nitrogen and oxygen atoms in total. The molecule has 0 bridgehead atoms. The number of nitrogens with zero attached hydrogens (tertiary/aromatic N) is 2. The maximum Gasteiger partial charge on any atom is 0.252 e. The Balaban J connectivity index is 1.38. The standard InChI is InChI=1S/C24H19ClN4O2/c25-21-9-5-4-8-19(21)16-31-20-12-10-17(11-13-20)15-26-29-24-27-22(14-23(30)28-24)18-6-2-1-3-7-18/h1-15H,16H2,(H2,27,28,29,30)/b26-15+. The van der Waals surface area contributed by atoms with Crippen LogP contribution in [0.1, 0.15) is 11.1 Å². The first-order valence-corrected chi connectivity index (χ1v) is 9.97. The van der Waals surface area contributed by atoms with Gasteiger partial charge < -0.3 is 4.74 Å². The molecular formula is C24H19ClN4O2. The number of hydrogen-bond donors (Lipinski definition) is 2. The van der Waals surface area contributed by atoms with E-state index in [4.69, 9.17) is 16.3 Å². The number of aromatic amines is 1. The van der Waals surface area contributed by atoms with Crippen LogP contribution in [-0.2, 0) is 6.61 Å². The molecule has 2 N–H and O–H groups in total. The first-order chi connectivity index (χ1) is 15.2. The molecule has 154 valence electrons. The summed E-state index contributed by atoms with van der Waals surface area (Å²) in [6, 6.07) is 26.0. The minimum Gasteiger partial charge on any atom is -0.489 e. The topological polar surface area (TPSA) is 79.4 Å². The van der Waals surface area contributed by atoms with E-state index in [9.17, 15) is 4.79 Å². The second-order valence-electron chi connectivity index (χ2n) is 6.66. The predicted octanol–water partition coefficient (Wildman–Crippen LogP) is 5.12. The smallest absolute Gasteiger partial charge is 0.252 e. The Morgan fingerprint density at radius 3 is 2.52 bits per heavy atom. The van der Waals surface area contributed by atoms with E-state index in [1.165, 1.54) is 6.07 Å². The van der Waals surface area contributed by atoms with E-state index >= 15 is 0 Å². The van der Waals surface area contributed by atoms with Gasteiger partial charge in [-0.05, 0) is 35.9 Å². The molecule has 0 spiro atoms. The summed E-state index contributed by atoms with van der Waals surface area (Å²) in [7, 11) is 0. The van der Waals surface area contributed by atoms with E-state index in [1.54, 1.807) is 6.21 Å². The first kappa shape index (κ1) is 20.4. The van der Waals surface area contributed by atoms with Gasteiger partial charge in [0, 0.05) is 22.2 Å². The summed E-state index contributed by atoms with van der Waals surface area (Å²) in [6.45, 7) is 0.394. The van der Waals surface area contributed by atoms with Gasteiger partial charge in [0.05, 0.1) is 11.9 Å². The van der Waals surface area contributed by atoms with Gasteiger partial charge in [0.25, 0.3) is 5.56 Å². The van der Waals surface area contributed by atoms with Gasteiger partial charge in [0.1, 0.15) is 12.4 Å². The van der Waals surface area contributed by atoms with Crippen molar-refractivity contribution in [2.75, 3.05) is 5.43 Å². The fourth-order valence-corrected chi connectivity index (χ4v) is 3.05. The van der Waals surface area contributed by atoms with Crippen molar-refractivity contribution in [3.8, 4) is 17.0 Å². The third-order valence-corrected chi connectivity index (χ3v) is 4.80. The fraction of sp³-hybridized carbons (Fsp3) is 0.0417. The van der Waals surface area contributed by atoms with Crippen molar-refractivity contribution in [3.05, 3.63) is 111 Å². The molecular weight excluding hydrogens is 412 g/mol. The Labute approximate surface area is 184 Å². The Kier molecular flexibility index (Phi) is 6.40. The zero-order chi connectivity index (χ0) is 21.5. The molecule has 0 saturated heterocycles. The Morgan fingerprint density at radius 1 is 1.00 bits per heavy atom. The SMILES string of the molecule is O=c1cc(-c2ccccc2)nc(N/N=C/c2ccc(OCc3ccccc3Cl)cc2)[nH]1. The van der Waals surface area contributed by atoms with Gasteiger partial charge in [-0.3, -0.25) is 9.78 Å². The van der Waals surface area contributed by atoms with Crippen molar-refractivity contribution < 1.29 is 4.74 Å². The summed E-state index contributed by atoms with van der Waals surface area (Å²) in [4.78, 5) is 19.0. The highest BCUT2D eigenvalue weighted by molar-refractivity contribution is 6.31. The van der Waals surface area contributed by atoms with Crippen LogP contribution in [0.3, 0.4) is 0 Å².